The zero-order valence-electron chi connectivity index (χ0n) is 14.9. The third-order valence-corrected chi connectivity index (χ3v) is 3.64. The summed E-state index contributed by atoms with van der Waals surface area (Å²) in [7, 11) is 0. The number of carbonyl (C=O) groups is 2. The largest absolute Gasteiger partial charge is 0.450 e. The van der Waals surface area contributed by atoms with Gasteiger partial charge < -0.3 is 10.1 Å². The van der Waals surface area contributed by atoms with E-state index in [1.165, 1.54) is 0 Å². The van der Waals surface area contributed by atoms with Crippen LogP contribution in [0.2, 0.25) is 0 Å². The van der Waals surface area contributed by atoms with Crippen molar-refractivity contribution in [3.05, 3.63) is 71.3 Å². The maximum atomic E-state index is 12.2. The van der Waals surface area contributed by atoms with Crippen molar-refractivity contribution in [1.82, 2.24) is 10.7 Å². The molecule has 0 aromatic heterocycles. The summed E-state index contributed by atoms with van der Waals surface area (Å²) < 4.78 is 4.91. The van der Waals surface area contributed by atoms with E-state index in [0.717, 1.165) is 16.7 Å². The highest BCUT2D eigenvalue weighted by Gasteiger charge is 2.18. The number of hydrogen-bond acceptors (Lipinski definition) is 4. The monoisotopic (exact) mass is 353 g/mol. The molecular formula is C20H23N3O3. The molecule has 26 heavy (non-hydrogen) atoms. The smallest absolute Gasteiger partial charge is 0.407 e. The van der Waals surface area contributed by atoms with Crippen molar-refractivity contribution in [2.75, 3.05) is 6.61 Å². The lowest BCUT2D eigenvalue weighted by Crippen LogP contribution is -2.33. The van der Waals surface area contributed by atoms with Gasteiger partial charge in [0, 0.05) is 0 Å². The average molecular weight is 353 g/mol. The van der Waals surface area contributed by atoms with Crippen molar-refractivity contribution < 1.29 is 14.3 Å². The molecule has 0 unspecified atom stereocenters. The van der Waals surface area contributed by atoms with Crippen molar-refractivity contribution in [1.29, 1.82) is 0 Å². The first-order valence-corrected chi connectivity index (χ1v) is 8.45. The fourth-order valence-corrected chi connectivity index (χ4v) is 2.31. The van der Waals surface area contributed by atoms with E-state index in [0.29, 0.717) is 0 Å². The minimum Gasteiger partial charge on any atom is -0.450 e. The van der Waals surface area contributed by atoms with Crippen LogP contribution < -0.4 is 10.7 Å². The van der Waals surface area contributed by atoms with Crippen molar-refractivity contribution in [2.45, 2.75) is 26.3 Å². The molecule has 0 radical (unpaired) electrons. The van der Waals surface area contributed by atoms with E-state index in [-0.39, 0.29) is 18.9 Å². The van der Waals surface area contributed by atoms with Gasteiger partial charge in [-0.1, -0.05) is 60.2 Å². The summed E-state index contributed by atoms with van der Waals surface area (Å²) in [5.41, 5.74) is 5.35. The average Bonchev–Trinajstić information content (AvgIpc) is 2.64. The number of rotatable bonds is 7. The molecule has 0 heterocycles. The number of hydrazone groups is 1. The molecule has 2 amide bonds. The summed E-state index contributed by atoms with van der Waals surface area (Å²) in [6.45, 7) is 3.99. The molecule has 2 aromatic rings. The molecule has 2 N–H and O–H groups in total. The second kappa shape index (κ2) is 9.98. The van der Waals surface area contributed by atoms with E-state index in [2.05, 4.69) is 15.8 Å². The maximum Gasteiger partial charge on any atom is 0.407 e. The lowest BCUT2D eigenvalue weighted by molar-refractivity contribution is -0.121. The Bertz CT molecular complexity index is 743. The fraction of sp³-hybridized carbons (Fsp3) is 0.250. The number of nitrogens with zero attached hydrogens (tertiary/aromatic N) is 1. The van der Waals surface area contributed by atoms with E-state index < -0.39 is 12.1 Å². The van der Waals surface area contributed by atoms with E-state index in [9.17, 15) is 9.59 Å². The molecule has 0 fully saturated rings. The van der Waals surface area contributed by atoms with Crippen LogP contribution >= 0.6 is 0 Å². The molecule has 0 aliphatic heterocycles. The molecule has 0 aliphatic carbocycles. The van der Waals surface area contributed by atoms with Gasteiger partial charge in [0.05, 0.1) is 25.3 Å². The van der Waals surface area contributed by atoms with Gasteiger partial charge in [-0.05, 0) is 25.0 Å². The normalized spacial score (nSPS) is 11.8. The van der Waals surface area contributed by atoms with Crippen LogP contribution in [0.15, 0.2) is 59.7 Å². The number of hydrogen-bond donors (Lipinski definition) is 2. The Balaban J connectivity index is 1.96. The number of ether oxygens (including phenoxy) is 1. The van der Waals surface area contributed by atoms with E-state index in [1.807, 2.05) is 61.5 Å². The lowest BCUT2D eigenvalue weighted by atomic mass is 10.0. The van der Waals surface area contributed by atoms with Crippen LogP contribution in [-0.4, -0.2) is 24.8 Å². The molecular weight excluding hydrogens is 330 g/mol. The van der Waals surface area contributed by atoms with Gasteiger partial charge in [0.2, 0.25) is 5.91 Å². The fourth-order valence-electron chi connectivity index (χ4n) is 2.31. The van der Waals surface area contributed by atoms with Gasteiger partial charge in [0.15, 0.2) is 0 Å². The Kier molecular flexibility index (Phi) is 7.36. The Labute approximate surface area is 153 Å². The quantitative estimate of drug-likeness (QED) is 0.592. The summed E-state index contributed by atoms with van der Waals surface area (Å²) in [6.07, 6.45) is 1.07. The van der Waals surface area contributed by atoms with Crippen LogP contribution in [-0.2, 0) is 9.53 Å². The molecule has 0 aliphatic rings. The second-order valence-corrected chi connectivity index (χ2v) is 5.74. The van der Waals surface area contributed by atoms with Crippen molar-refractivity contribution in [3.8, 4) is 0 Å². The highest BCUT2D eigenvalue weighted by molar-refractivity contribution is 5.83. The van der Waals surface area contributed by atoms with Crippen molar-refractivity contribution in [2.24, 2.45) is 5.10 Å². The van der Waals surface area contributed by atoms with E-state index in [4.69, 9.17) is 4.74 Å². The van der Waals surface area contributed by atoms with Crippen LogP contribution in [0.5, 0.6) is 0 Å². The second-order valence-electron chi connectivity index (χ2n) is 5.74. The summed E-state index contributed by atoms with van der Waals surface area (Å²) in [5, 5.41) is 6.67. The molecule has 136 valence electrons. The third-order valence-electron chi connectivity index (χ3n) is 3.64. The molecule has 6 heteroatoms. The van der Waals surface area contributed by atoms with E-state index >= 15 is 0 Å². The summed E-state index contributed by atoms with van der Waals surface area (Å²) in [5.74, 6) is -0.306. The molecule has 2 aromatic carbocycles. The van der Waals surface area contributed by atoms with Gasteiger partial charge >= 0.3 is 6.09 Å². The van der Waals surface area contributed by atoms with Gasteiger partial charge in [-0.2, -0.15) is 5.10 Å². The van der Waals surface area contributed by atoms with Crippen LogP contribution in [0.4, 0.5) is 4.79 Å². The predicted octanol–water partition coefficient (Wildman–Crippen LogP) is 3.32. The highest BCUT2D eigenvalue weighted by atomic mass is 16.5. The minimum absolute atomic E-state index is 0.0497. The first-order chi connectivity index (χ1) is 12.6. The number of benzene rings is 2. The van der Waals surface area contributed by atoms with Gasteiger partial charge in [-0.3, -0.25) is 4.79 Å². The first-order valence-electron chi connectivity index (χ1n) is 8.45. The zero-order valence-corrected chi connectivity index (χ0v) is 14.9. The molecule has 0 spiro atoms. The standard InChI is InChI=1S/C20H23N3O3/c1-3-26-20(25)22-18(17-7-5-4-6-8-17)13-19(24)23-21-14-16-11-9-15(2)10-12-16/h4-12,14,18H,3,13H2,1-2H3,(H,22,25)(H,23,24)/b21-14-/t18-/m0/s1. The summed E-state index contributed by atoms with van der Waals surface area (Å²) in [4.78, 5) is 23.9. The highest BCUT2D eigenvalue weighted by Crippen LogP contribution is 2.16. The summed E-state index contributed by atoms with van der Waals surface area (Å²) in [6, 6.07) is 16.5. The maximum absolute atomic E-state index is 12.2. The zero-order chi connectivity index (χ0) is 18.8. The number of amides is 2. The molecule has 6 nitrogen and oxygen atoms in total. The SMILES string of the molecule is CCOC(=O)N[C@@H](CC(=O)N/N=C\c1ccc(C)cc1)c1ccccc1. The van der Waals surface area contributed by atoms with Crippen LogP contribution in [0, 0.1) is 6.92 Å². The predicted molar refractivity (Wildman–Crippen MR) is 101 cm³/mol. The Morgan fingerprint density at radius 2 is 1.81 bits per heavy atom. The van der Waals surface area contributed by atoms with Gasteiger partial charge in [-0.25, -0.2) is 10.2 Å². The van der Waals surface area contributed by atoms with Crippen LogP contribution in [0.1, 0.15) is 36.1 Å². The third kappa shape index (κ3) is 6.39. The molecule has 1 atom stereocenters. The Hall–Kier alpha value is -3.15. The lowest BCUT2D eigenvalue weighted by Gasteiger charge is -2.18. The summed E-state index contributed by atoms with van der Waals surface area (Å²) >= 11 is 0. The Morgan fingerprint density at radius 1 is 1.12 bits per heavy atom. The van der Waals surface area contributed by atoms with Gasteiger partial charge in [0.25, 0.3) is 0 Å². The number of carbonyl (C=O) groups excluding carboxylic acids is 2. The first kappa shape index (κ1) is 19.2. The molecule has 0 saturated carbocycles. The number of alkyl carbamates (subject to hydrolysis) is 1. The van der Waals surface area contributed by atoms with Crippen molar-refractivity contribution >= 4 is 18.2 Å². The van der Waals surface area contributed by atoms with E-state index in [1.54, 1.807) is 13.1 Å². The van der Waals surface area contributed by atoms with Crippen LogP contribution in [0.25, 0.3) is 0 Å². The Morgan fingerprint density at radius 3 is 2.46 bits per heavy atom. The van der Waals surface area contributed by atoms with Crippen LogP contribution in [0.3, 0.4) is 0 Å². The molecule has 0 saturated heterocycles. The van der Waals surface area contributed by atoms with Crippen molar-refractivity contribution in [3.63, 3.8) is 0 Å². The minimum atomic E-state index is -0.558. The molecule has 0 bridgehead atoms. The number of nitrogens with one attached hydrogen (secondary N) is 2. The van der Waals surface area contributed by atoms with Gasteiger partial charge in [-0.15, -0.1) is 0 Å². The molecule has 2 rings (SSSR count). The number of aryl methyl sites for hydroxylation is 1. The topological polar surface area (TPSA) is 79.8 Å². The van der Waals surface area contributed by atoms with Gasteiger partial charge in [0.1, 0.15) is 0 Å².